The van der Waals surface area contributed by atoms with Gasteiger partial charge < -0.3 is 10.5 Å². The van der Waals surface area contributed by atoms with Crippen molar-refractivity contribution < 1.29 is 4.74 Å². The summed E-state index contributed by atoms with van der Waals surface area (Å²) in [5, 5.41) is 0. The van der Waals surface area contributed by atoms with Crippen molar-refractivity contribution in [1.29, 1.82) is 0 Å². The fourth-order valence-corrected chi connectivity index (χ4v) is 1.85. The van der Waals surface area contributed by atoms with Gasteiger partial charge >= 0.3 is 0 Å². The van der Waals surface area contributed by atoms with Crippen molar-refractivity contribution in [3.8, 4) is 0 Å². The summed E-state index contributed by atoms with van der Waals surface area (Å²) in [6, 6.07) is 18.5. The van der Waals surface area contributed by atoms with Crippen molar-refractivity contribution in [1.82, 2.24) is 0 Å². The predicted molar refractivity (Wildman–Crippen MR) is 69.6 cm³/mol. The molecule has 0 saturated heterocycles. The quantitative estimate of drug-likeness (QED) is 0.815. The van der Waals surface area contributed by atoms with E-state index in [0.29, 0.717) is 0 Å². The van der Waals surface area contributed by atoms with E-state index in [-0.39, 0.29) is 12.8 Å². The van der Waals surface area contributed by atoms with Gasteiger partial charge in [0, 0.05) is 0 Å². The van der Waals surface area contributed by atoms with Crippen LogP contribution in [-0.2, 0) is 4.74 Å². The van der Waals surface area contributed by atoms with Crippen LogP contribution in [0.1, 0.15) is 22.8 Å². The smallest absolute Gasteiger partial charge is 0.109 e. The maximum Gasteiger partial charge on any atom is 0.109 e. The summed E-state index contributed by atoms with van der Waals surface area (Å²) in [6.45, 7) is 2.29. The van der Waals surface area contributed by atoms with E-state index in [0.717, 1.165) is 11.1 Å². The van der Waals surface area contributed by atoms with Crippen molar-refractivity contribution >= 4 is 0 Å². The number of aryl methyl sites for hydroxylation is 1. The first-order chi connectivity index (χ1) is 8.31. The van der Waals surface area contributed by atoms with E-state index < -0.39 is 0 Å². The summed E-state index contributed by atoms with van der Waals surface area (Å²) < 4.78 is 5.63. The minimum atomic E-state index is -0.0817. The molecule has 1 atom stereocenters. The van der Waals surface area contributed by atoms with Crippen LogP contribution in [0.5, 0.6) is 0 Å². The average molecular weight is 227 g/mol. The van der Waals surface area contributed by atoms with Gasteiger partial charge in [0.05, 0.1) is 6.73 Å². The van der Waals surface area contributed by atoms with Gasteiger partial charge in [-0.3, -0.25) is 0 Å². The van der Waals surface area contributed by atoms with Crippen molar-refractivity contribution in [3.63, 3.8) is 0 Å². The summed E-state index contributed by atoms with van der Waals surface area (Å²) in [4.78, 5) is 0. The van der Waals surface area contributed by atoms with E-state index in [2.05, 4.69) is 43.3 Å². The zero-order valence-corrected chi connectivity index (χ0v) is 9.97. The van der Waals surface area contributed by atoms with Gasteiger partial charge in [-0.25, -0.2) is 0 Å². The number of nitrogens with two attached hydrogens (primary N) is 1. The first-order valence-corrected chi connectivity index (χ1v) is 5.74. The molecule has 0 amide bonds. The molecule has 0 aromatic heterocycles. The molecule has 0 aliphatic heterocycles. The molecular weight excluding hydrogens is 210 g/mol. The lowest BCUT2D eigenvalue weighted by Crippen LogP contribution is -2.12. The first kappa shape index (κ1) is 11.8. The molecule has 2 N–H and O–H groups in total. The molecule has 0 fully saturated rings. The molecule has 1 unspecified atom stereocenters. The zero-order valence-electron chi connectivity index (χ0n) is 9.97. The van der Waals surface area contributed by atoms with Gasteiger partial charge in [0.1, 0.15) is 6.10 Å². The van der Waals surface area contributed by atoms with Crippen LogP contribution in [0, 0.1) is 6.92 Å². The van der Waals surface area contributed by atoms with Crippen molar-refractivity contribution in [2.24, 2.45) is 5.73 Å². The molecule has 17 heavy (non-hydrogen) atoms. The van der Waals surface area contributed by atoms with Crippen molar-refractivity contribution in [2.75, 3.05) is 6.73 Å². The molecular formula is C15H17NO. The van der Waals surface area contributed by atoms with Crippen molar-refractivity contribution in [2.45, 2.75) is 13.0 Å². The Labute approximate surface area is 102 Å². The van der Waals surface area contributed by atoms with E-state index in [1.54, 1.807) is 0 Å². The van der Waals surface area contributed by atoms with Crippen LogP contribution >= 0.6 is 0 Å². The molecule has 0 saturated carbocycles. The lowest BCUT2D eigenvalue weighted by molar-refractivity contribution is 0.0856. The Morgan fingerprint density at radius 2 is 1.53 bits per heavy atom. The average Bonchev–Trinajstić information content (AvgIpc) is 2.38. The third-order valence-electron chi connectivity index (χ3n) is 2.75. The molecule has 0 radical (unpaired) electrons. The van der Waals surface area contributed by atoms with E-state index in [4.69, 9.17) is 10.5 Å². The summed E-state index contributed by atoms with van der Waals surface area (Å²) in [6.07, 6.45) is -0.0817. The molecule has 88 valence electrons. The van der Waals surface area contributed by atoms with Gasteiger partial charge in [-0.1, -0.05) is 60.2 Å². The van der Waals surface area contributed by atoms with Crippen LogP contribution in [0.4, 0.5) is 0 Å². The largest absolute Gasteiger partial charge is 0.354 e. The van der Waals surface area contributed by atoms with Crippen LogP contribution in [0.3, 0.4) is 0 Å². The van der Waals surface area contributed by atoms with E-state index >= 15 is 0 Å². The van der Waals surface area contributed by atoms with Gasteiger partial charge in [0.25, 0.3) is 0 Å². The van der Waals surface area contributed by atoms with Gasteiger partial charge in [-0.15, -0.1) is 0 Å². The molecule has 2 nitrogen and oxygen atoms in total. The fraction of sp³-hybridized carbons (Fsp3) is 0.200. The molecule has 2 aromatic rings. The van der Waals surface area contributed by atoms with Gasteiger partial charge in [0.15, 0.2) is 0 Å². The first-order valence-electron chi connectivity index (χ1n) is 5.74. The van der Waals surface area contributed by atoms with Crippen LogP contribution in [0.2, 0.25) is 0 Å². The highest BCUT2D eigenvalue weighted by molar-refractivity contribution is 5.31. The summed E-state index contributed by atoms with van der Waals surface area (Å²) >= 11 is 0. The molecule has 0 heterocycles. The van der Waals surface area contributed by atoms with Gasteiger partial charge in [-0.2, -0.15) is 0 Å². The number of ether oxygens (including phenoxy) is 1. The van der Waals surface area contributed by atoms with E-state index in [1.807, 2.05) is 18.2 Å². The summed E-state index contributed by atoms with van der Waals surface area (Å²) in [5.74, 6) is 0. The second-order valence-corrected chi connectivity index (χ2v) is 4.03. The third-order valence-corrected chi connectivity index (χ3v) is 2.75. The Kier molecular flexibility index (Phi) is 3.91. The minimum Gasteiger partial charge on any atom is -0.354 e. The third kappa shape index (κ3) is 2.93. The highest BCUT2D eigenvalue weighted by Crippen LogP contribution is 2.25. The maximum atomic E-state index is 5.63. The van der Waals surface area contributed by atoms with Gasteiger partial charge in [0.2, 0.25) is 0 Å². The van der Waals surface area contributed by atoms with E-state index in [1.165, 1.54) is 5.56 Å². The monoisotopic (exact) mass is 227 g/mol. The Morgan fingerprint density at radius 3 is 2.12 bits per heavy atom. The van der Waals surface area contributed by atoms with Crippen LogP contribution in [0.15, 0.2) is 54.6 Å². The normalized spacial score (nSPS) is 12.4. The maximum absolute atomic E-state index is 5.63. The second-order valence-electron chi connectivity index (χ2n) is 4.03. The topological polar surface area (TPSA) is 35.2 Å². The van der Waals surface area contributed by atoms with Crippen LogP contribution in [-0.4, -0.2) is 6.73 Å². The molecule has 0 aliphatic carbocycles. The highest BCUT2D eigenvalue weighted by atomic mass is 16.5. The molecule has 0 spiro atoms. The molecule has 2 heteroatoms. The van der Waals surface area contributed by atoms with Crippen molar-refractivity contribution in [3.05, 3.63) is 71.3 Å². The van der Waals surface area contributed by atoms with E-state index in [9.17, 15) is 0 Å². The zero-order chi connectivity index (χ0) is 12.1. The fourth-order valence-electron chi connectivity index (χ4n) is 1.85. The Morgan fingerprint density at radius 1 is 0.941 bits per heavy atom. The number of benzene rings is 2. The van der Waals surface area contributed by atoms with Gasteiger partial charge in [-0.05, 0) is 18.1 Å². The molecule has 2 rings (SSSR count). The molecule has 0 bridgehead atoms. The standard InChI is InChI=1S/C15H17NO/c1-12-7-9-14(10-8-12)15(17-11-16)13-5-3-2-4-6-13/h2-10,15H,11,16H2,1H3. The second kappa shape index (κ2) is 5.62. The lowest BCUT2D eigenvalue weighted by atomic mass is 10.0. The molecule has 0 aliphatic rings. The van der Waals surface area contributed by atoms with Crippen LogP contribution in [0.25, 0.3) is 0 Å². The predicted octanol–water partition coefficient (Wildman–Crippen LogP) is 3.02. The number of hydrogen-bond acceptors (Lipinski definition) is 2. The summed E-state index contributed by atoms with van der Waals surface area (Å²) in [7, 11) is 0. The Bertz CT molecular complexity index is 450. The lowest BCUT2D eigenvalue weighted by Gasteiger charge is -2.17. The number of hydrogen-bond donors (Lipinski definition) is 1. The Balaban J connectivity index is 2.32. The summed E-state index contributed by atoms with van der Waals surface area (Å²) in [5.41, 5.74) is 9.01. The Hall–Kier alpha value is -1.64. The SMILES string of the molecule is Cc1ccc(C(OCN)c2ccccc2)cc1. The number of rotatable bonds is 4. The minimum absolute atomic E-state index is 0.0817. The van der Waals surface area contributed by atoms with Crippen LogP contribution < -0.4 is 5.73 Å². The molecule has 2 aromatic carbocycles. The highest BCUT2D eigenvalue weighted by Gasteiger charge is 2.13.